The normalized spacial score (nSPS) is 25.3. The molecule has 3 heterocycles. The molecule has 3 aliphatic rings. The van der Waals surface area contributed by atoms with Crippen LogP contribution >= 0.6 is 0 Å². The number of piperidine rings is 1. The first-order valence-electron chi connectivity index (χ1n) is 11.2. The number of amides is 1. The van der Waals surface area contributed by atoms with Crippen LogP contribution in [0.5, 0.6) is 0 Å². The van der Waals surface area contributed by atoms with Crippen molar-refractivity contribution in [3.8, 4) is 0 Å². The number of hydrogen-bond donors (Lipinski definition) is 1. The van der Waals surface area contributed by atoms with Crippen molar-refractivity contribution in [3.63, 3.8) is 0 Å². The summed E-state index contributed by atoms with van der Waals surface area (Å²) in [6.45, 7) is 6.47. The Morgan fingerprint density at radius 2 is 1.82 bits per heavy atom. The number of likely N-dealkylation sites (tertiary alicyclic amines) is 2. The minimum absolute atomic E-state index is 0.0400. The first kappa shape index (κ1) is 25.5. The van der Waals surface area contributed by atoms with E-state index < -0.39 is 12.1 Å². The van der Waals surface area contributed by atoms with Gasteiger partial charge in [-0.05, 0) is 31.2 Å². The quantitative estimate of drug-likeness (QED) is 0.686. The highest BCUT2D eigenvalue weighted by Gasteiger charge is 2.48. The second-order valence-electron chi connectivity index (χ2n) is 8.84. The van der Waals surface area contributed by atoms with Crippen LogP contribution in [0, 0.1) is 5.41 Å². The van der Waals surface area contributed by atoms with Crippen LogP contribution in [0.2, 0.25) is 0 Å². The zero-order valence-corrected chi connectivity index (χ0v) is 18.6. The fourth-order valence-corrected chi connectivity index (χ4v) is 4.72. The maximum atomic E-state index is 12.2. The van der Waals surface area contributed by atoms with Crippen LogP contribution in [0.1, 0.15) is 31.2 Å². The molecule has 1 N–H and O–H groups in total. The topological polar surface area (TPSA) is 79.3 Å². The van der Waals surface area contributed by atoms with Crippen molar-refractivity contribution >= 4 is 11.9 Å². The van der Waals surface area contributed by atoms with E-state index in [0.717, 1.165) is 65.0 Å². The van der Waals surface area contributed by atoms with Gasteiger partial charge in [-0.2, -0.15) is 13.2 Å². The van der Waals surface area contributed by atoms with Gasteiger partial charge in [0.2, 0.25) is 5.91 Å². The molecule has 0 saturated carbocycles. The maximum Gasteiger partial charge on any atom is 0.490 e. The van der Waals surface area contributed by atoms with Crippen molar-refractivity contribution in [1.29, 1.82) is 0 Å². The van der Waals surface area contributed by atoms with Gasteiger partial charge in [0.1, 0.15) is 6.61 Å². The van der Waals surface area contributed by atoms with Crippen LogP contribution in [0.15, 0.2) is 30.3 Å². The molecule has 4 rings (SSSR count). The van der Waals surface area contributed by atoms with E-state index in [4.69, 9.17) is 19.4 Å². The number of carboxylic acids is 1. The third kappa shape index (κ3) is 7.15. The number of carbonyl (C=O) groups is 2. The molecule has 0 radical (unpaired) electrons. The van der Waals surface area contributed by atoms with Gasteiger partial charge in [-0.1, -0.05) is 30.3 Å². The SMILES string of the molecule is O=C(COC[C@@]12CCO[C@@H]1CCN(Cc1ccccc1)C2)N1CCCC1.O=C(O)C(F)(F)F. The van der Waals surface area contributed by atoms with Gasteiger partial charge in [0, 0.05) is 44.7 Å². The summed E-state index contributed by atoms with van der Waals surface area (Å²) >= 11 is 0. The standard InChI is InChI=1S/C21H30N2O3.C2HF3O2/c24-20(23-10-4-5-11-23)15-25-17-21-9-13-26-19(21)8-12-22(16-21)14-18-6-2-1-3-7-18;3-2(4,5)1(6)7/h1-3,6-7,19H,4-5,8-17H2;(H,6,7)/t19-,21+;/m1./s1. The first-order valence-corrected chi connectivity index (χ1v) is 11.2. The number of rotatable bonds is 6. The number of benzene rings is 1. The number of fused-ring (bicyclic) bond motifs is 1. The fraction of sp³-hybridized carbons (Fsp3) is 0.652. The number of carbonyl (C=O) groups excluding carboxylic acids is 1. The van der Waals surface area contributed by atoms with Crippen molar-refractivity contribution in [2.75, 3.05) is 46.0 Å². The molecular formula is C23H31F3N2O5. The molecule has 1 aromatic rings. The predicted octanol–water partition coefficient (Wildman–Crippen LogP) is 2.94. The lowest BCUT2D eigenvalue weighted by molar-refractivity contribution is -0.192. The number of nitrogens with zero attached hydrogens (tertiary/aromatic N) is 2. The molecular weight excluding hydrogens is 441 g/mol. The Labute approximate surface area is 191 Å². The van der Waals surface area contributed by atoms with Crippen molar-refractivity contribution in [2.24, 2.45) is 5.41 Å². The third-order valence-electron chi connectivity index (χ3n) is 6.41. The molecule has 0 spiro atoms. The van der Waals surface area contributed by atoms with Crippen molar-refractivity contribution in [1.82, 2.24) is 9.80 Å². The smallest absolute Gasteiger partial charge is 0.475 e. The molecule has 2 atom stereocenters. The lowest BCUT2D eigenvalue weighted by atomic mass is 9.77. The van der Waals surface area contributed by atoms with E-state index in [2.05, 4.69) is 35.2 Å². The van der Waals surface area contributed by atoms with Crippen molar-refractivity contribution in [2.45, 2.75) is 44.5 Å². The van der Waals surface area contributed by atoms with Crippen LogP contribution in [0.25, 0.3) is 0 Å². The minimum Gasteiger partial charge on any atom is -0.475 e. The number of alkyl halides is 3. The molecule has 1 amide bonds. The summed E-state index contributed by atoms with van der Waals surface area (Å²) in [6, 6.07) is 10.6. The number of halogens is 3. The highest BCUT2D eigenvalue weighted by Crippen LogP contribution is 2.41. The zero-order chi connectivity index (χ0) is 23.9. The van der Waals surface area contributed by atoms with Gasteiger partial charge in [0.25, 0.3) is 0 Å². The molecule has 3 aliphatic heterocycles. The monoisotopic (exact) mass is 472 g/mol. The Balaban J connectivity index is 0.000000383. The average molecular weight is 473 g/mol. The van der Waals surface area contributed by atoms with E-state index in [-0.39, 0.29) is 24.0 Å². The Morgan fingerprint density at radius 1 is 1.15 bits per heavy atom. The minimum atomic E-state index is -5.08. The molecule has 3 saturated heterocycles. The first-order chi connectivity index (χ1) is 15.7. The summed E-state index contributed by atoms with van der Waals surface area (Å²) in [6.07, 6.45) is -0.478. The van der Waals surface area contributed by atoms with Gasteiger partial charge in [-0.25, -0.2) is 4.79 Å². The Bertz CT molecular complexity index is 786. The lowest BCUT2D eigenvalue weighted by Gasteiger charge is -2.43. The van der Waals surface area contributed by atoms with Crippen LogP contribution in [-0.4, -0.2) is 85.1 Å². The predicted molar refractivity (Wildman–Crippen MR) is 113 cm³/mol. The van der Waals surface area contributed by atoms with Crippen molar-refractivity contribution < 1.29 is 37.3 Å². The second kappa shape index (κ2) is 11.3. The zero-order valence-electron chi connectivity index (χ0n) is 18.6. The third-order valence-corrected chi connectivity index (χ3v) is 6.41. The summed E-state index contributed by atoms with van der Waals surface area (Å²) in [5.74, 6) is -2.61. The Morgan fingerprint density at radius 3 is 2.45 bits per heavy atom. The molecule has 10 heteroatoms. The summed E-state index contributed by atoms with van der Waals surface area (Å²) in [4.78, 5) is 25.6. The van der Waals surface area contributed by atoms with Gasteiger partial charge >= 0.3 is 12.1 Å². The number of hydrogen-bond acceptors (Lipinski definition) is 5. The summed E-state index contributed by atoms with van der Waals surface area (Å²) in [5, 5.41) is 7.12. The lowest BCUT2D eigenvalue weighted by Crippen LogP contribution is -2.51. The van der Waals surface area contributed by atoms with E-state index in [1.807, 2.05) is 4.90 Å². The molecule has 0 unspecified atom stereocenters. The van der Waals surface area contributed by atoms with E-state index in [1.165, 1.54) is 5.56 Å². The fourth-order valence-electron chi connectivity index (χ4n) is 4.72. The summed E-state index contributed by atoms with van der Waals surface area (Å²) in [7, 11) is 0. The van der Waals surface area contributed by atoms with Gasteiger partial charge in [0.15, 0.2) is 0 Å². The van der Waals surface area contributed by atoms with Gasteiger partial charge in [0.05, 0.1) is 12.7 Å². The van der Waals surface area contributed by atoms with E-state index in [0.29, 0.717) is 6.61 Å². The van der Waals surface area contributed by atoms with Gasteiger partial charge in [-0.3, -0.25) is 9.69 Å². The van der Waals surface area contributed by atoms with Crippen molar-refractivity contribution in [3.05, 3.63) is 35.9 Å². The van der Waals surface area contributed by atoms with Gasteiger partial charge in [-0.15, -0.1) is 0 Å². The van der Waals surface area contributed by atoms with Gasteiger partial charge < -0.3 is 19.5 Å². The van der Waals surface area contributed by atoms with Crippen LogP contribution in [-0.2, 0) is 25.6 Å². The molecule has 1 aromatic carbocycles. The highest BCUT2D eigenvalue weighted by atomic mass is 19.4. The van der Waals surface area contributed by atoms with E-state index in [9.17, 15) is 18.0 Å². The molecule has 0 aromatic heterocycles. The molecule has 33 heavy (non-hydrogen) atoms. The van der Waals surface area contributed by atoms with Crippen LogP contribution in [0.4, 0.5) is 13.2 Å². The molecule has 0 bridgehead atoms. The van der Waals surface area contributed by atoms with E-state index >= 15 is 0 Å². The highest BCUT2D eigenvalue weighted by molar-refractivity contribution is 5.77. The second-order valence-corrected chi connectivity index (χ2v) is 8.84. The Kier molecular flexibility index (Phi) is 8.72. The number of aliphatic carboxylic acids is 1. The number of carboxylic acid groups (broad SMARTS) is 1. The average Bonchev–Trinajstić information content (AvgIpc) is 3.44. The van der Waals surface area contributed by atoms with E-state index in [1.54, 1.807) is 0 Å². The molecule has 7 nitrogen and oxygen atoms in total. The van der Waals surface area contributed by atoms with Crippen LogP contribution in [0.3, 0.4) is 0 Å². The summed E-state index contributed by atoms with van der Waals surface area (Å²) in [5.41, 5.74) is 1.39. The van der Waals surface area contributed by atoms with Crippen LogP contribution < -0.4 is 0 Å². The maximum absolute atomic E-state index is 12.2. The molecule has 184 valence electrons. The largest absolute Gasteiger partial charge is 0.490 e. The Hall–Kier alpha value is -2.17. The molecule has 0 aliphatic carbocycles. The number of ether oxygens (including phenoxy) is 2. The molecule has 3 fully saturated rings. The summed E-state index contributed by atoms with van der Waals surface area (Å²) < 4.78 is 43.7.